The van der Waals surface area contributed by atoms with Gasteiger partial charge in [-0.1, -0.05) is 36.4 Å². The molecule has 0 aromatic heterocycles. The highest BCUT2D eigenvalue weighted by Gasteiger charge is 2.31. The third-order valence-electron chi connectivity index (χ3n) is 5.97. The van der Waals surface area contributed by atoms with Crippen molar-refractivity contribution in [2.75, 3.05) is 7.05 Å². The van der Waals surface area contributed by atoms with Gasteiger partial charge in [0, 0.05) is 28.9 Å². The molecular weight excluding hydrogens is 348 g/mol. The molecule has 0 bridgehead atoms. The molecule has 0 fully saturated rings. The molecule has 1 heterocycles. The van der Waals surface area contributed by atoms with E-state index in [0.29, 0.717) is 16.7 Å². The number of nitriles is 1. The van der Waals surface area contributed by atoms with E-state index in [0.717, 1.165) is 43.1 Å². The fourth-order valence-corrected chi connectivity index (χ4v) is 4.71. The fraction of sp³-hybridized carbons (Fsp3) is 0.0417. The highest BCUT2D eigenvalue weighted by molar-refractivity contribution is 6.38. The van der Waals surface area contributed by atoms with Crippen LogP contribution in [0.3, 0.4) is 0 Å². The molecule has 5 aromatic carbocycles. The van der Waals surface area contributed by atoms with Crippen LogP contribution >= 0.6 is 0 Å². The van der Waals surface area contributed by atoms with Crippen LogP contribution in [0.25, 0.3) is 43.1 Å². The van der Waals surface area contributed by atoms with Crippen molar-refractivity contribution in [2.24, 2.45) is 0 Å². The summed E-state index contributed by atoms with van der Waals surface area (Å²) in [7, 11) is 1.52. The van der Waals surface area contributed by atoms with Crippen LogP contribution in [0, 0.1) is 11.3 Å². The predicted molar refractivity (Wildman–Crippen MR) is 109 cm³/mol. The molecule has 1 aliphatic heterocycles. The average molecular weight is 360 g/mol. The summed E-state index contributed by atoms with van der Waals surface area (Å²) in [5, 5.41) is 17.2. The number of hydrogen-bond donors (Lipinski definition) is 0. The van der Waals surface area contributed by atoms with E-state index in [1.54, 1.807) is 0 Å². The van der Waals surface area contributed by atoms with Crippen LogP contribution in [0.4, 0.5) is 0 Å². The maximum atomic E-state index is 12.7. The van der Waals surface area contributed by atoms with Crippen LogP contribution in [0.1, 0.15) is 26.3 Å². The zero-order valence-corrected chi connectivity index (χ0v) is 14.9. The van der Waals surface area contributed by atoms with E-state index < -0.39 is 0 Å². The van der Waals surface area contributed by atoms with E-state index in [2.05, 4.69) is 6.07 Å². The van der Waals surface area contributed by atoms with Crippen molar-refractivity contribution in [2.45, 2.75) is 0 Å². The van der Waals surface area contributed by atoms with Gasteiger partial charge in [-0.2, -0.15) is 5.26 Å². The van der Waals surface area contributed by atoms with Gasteiger partial charge in [-0.15, -0.1) is 0 Å². The molecule has 4 nitrogen and oxygen atoms in total. The number of hydrogen-bond acceptors (Lipinski definition) is 3. The standard InChI is InChI=1S/C24H12N2O2/c1-26-23(27)18-9-7-16-14-4-2-3-13-12(11-25)5-6-15(20(13)14)17-8-10-19(24(26)28)22(18)21(16)17/h2-10H,1H3. The SMILES string of the molecule is CN1C(=O)c2ccc3c4cccc5c(C#N)ccc(c6ccc(c2c36)C1=O)c54. The molecule has 0 N–H and O–H groups in total. The Hall–Kier alpha value is -3.97. The largest absolute Gasteiger partial charge is 0.277 e. The molecule has 0 radical (unpaired) electrons. The Morgan fingerprint density at radius 3 is 1.86 bits per heavy atom. The van der Waals surface area contributed by atoms with Crippen LogP contribution in [0.15, 0.2) is 54.6 Å². The molecule has 2 amide bonds. The molecular formula is C24H12N2O2. The molecule has 0 saturated carbocycles. The van der Waals surface area contributed by atoms with Crippen LogP contribution in [0.2, 0.25) is 0 Å². The molecule has 1 aliphatic rings. The van der Waals surface area contributed by atoms with Crippen LogP contribution in [-0.4, -0.2) is 23.8 Å². The molecule has 130 valence electrons. The molecule has 6 rings (SSSR count). The van der Waals surface area contributed by atoms with E-state index in [9.17, 15) is 14.9 Å². The Labute approximate surface area is 159 Å². The number of carbonyl (C=O) groups excluding carboxylic acids is 2. The van der Waals surface area contributed by atoms with Crippen molar-refractivity contribution >= 4 is 54.9 Å². The molecule has 0 atom stereocenters. The molecule has 0 unspecified atom stereocenters. The summed E-state index contributed by atoms with van der Waals surface area (Å²) in [4.78, 5) is 26.6. The van der Waals surface area contributed by atoms with E-state index >= 15 is 0 Å². The topological polar surface area (TPSA) is 61.2 Å². The third-order valence-corrected chi connectivity index (χ3v) is 5.97. The fourth-order valence-electron chi connectivity index (χ4n) is 4.71. The Kier molecular flexibility index (Phi) is 2.62. The lowest BCUT2D eigenvalue weighted by atomic mass is 9.84. The van der Waals surface area contributed by atoms with Crippen LogP contribution < -0.4 is 0 Å². The lowest BCUT2D eigenvalue weighted by Crippen LogP contribution is -2.36. The molecule has 0 aliphatic carbocycles. The van der Waals surface area contributed by atoms with Gasteiger partial charge < -0.3 is 0 Å². The summed E-state index contributed by atoms with van der Waals surface area (Å²) in [5.74, 6) is -0.546. The number of carbonyl (C=O) groups is 2. The van der Waals surface area contributed by atoms with Crippen molar-refractivity contribution in [3.63, 3.8) is 0 Å². The van der Waals surface area contributed by atoms with Gasteiger partial charge >= 0.3 is 0 Å². The highest BCUT2D eigenvalue weighted by Crippen LogP contribution is 2.44. The van der Waals surface area contributed by atoms with Gasteiger partial charge in [-0.25, -0.2) is 0 Å². The second-order valence-corrected chi connectivity index (χ2v) is 7.24. The minimum Gasteiger partial charge on any atom is -0.277 e. The molecule has 0 saturated heterocycles. The normalized spacial score (nSPS) is 13.9. The van der Waals surface area contributed by atoms with E-state index in [4.69, 9.17) is 0 Å². The van der Waals surface area contributed by atoms with Gasteiger partial charge in [-0.3, -0.25) is 14.5 Å². The minimum absolute atomic E-state index is 0.273. The number of rotatable bonds is 0. The first kappa shape index (κ1) is 15.1. The Morgan fingerprint density at radius 2 is 1.21 bits per heavy atom. The van der Waals surface area contributed by atoms with Crippen molar-refractivity contribution in [3.05, 3.63) is 71.3 Å². The zero-order valence-electron chi connectivity index (χ0n) is 14.9. The quantitative estimate of drug-likeness (QED) is 0.226. The van der Waals surface area contributed by atoms with E-state index in [1.807, 2.05) is 54.6 Å². The van der Waals surface area contributed by atoms with Gasteiger partial charge in [0.25, 0.3) is 11.8 Å². The second-order valence-electron chi connectivity index (χ2n) is 7.24. The molecule has 5 aromatic rings. The monoisotopic (exact) mass is 360 g/mol. The van der Waals surface area contributed by atoms with Gasteiger partial charge in [0.2, 0.25) is 0 Å². The maximum Gasteiger partial charge on any atom is 0.261 e. The van der Waals surface area contributed by atoms with Crippen molar-refractivity contribution in [1.82, 2.24) is 4.90 Å². The summed E-state index contributed by atoms with van der Waals surface area (Å²) < 4.78 is 0. The predicted octanol–water partition coefficient (Wildman–Crippen LogP) is 4.83. The lowest BCUT2D eigenvalue weighted by Gasteiger charge is -2.25. The summed E-state index contributed by atoms with van der Waals surface area (Å²) in [6, 6.07) is 19.6. The number of benzene rings is 5. The van der Waals surface area contributed by atoms with Crippen LogP contribution in [0.5, 0.6) is 0 Å². The second kappa shape index (κ2) is 4.85. The number of fused-ring (bicyclic) bond motifs is 2. The van der Waals surface area contributed by atoms with Crippen LogP contribution in [-0.2, 0) is 0 Å². The number of imide groups is 1. The van der Waals surface area contributed by atoms with Gasteiger partial charge in [0.1, 0.15) is 0 Å². The first-order valence-corrected chi connectivity index (χ1v) is 9.00. The minimum atomic E-state index is -0.273. The maximum absolute atomic E-state index is 12.7. The highest BCUT2D eigenvalue weighted by atomic mass is 16.2. The Morgan fingerprint density at radius 1 is 0.679 bits per heavy atom. The van der Waals surface area contributed by atoms with Crippen molar-refractivity contribution < 1.29 is 9.59 Å². The first-order chi connectivity index (χ1) is 13.6. The van der Waals surface area contributed by atoms with E-state index in [-0.39, 0.29) is 11.8 Å². The lowest BCUT2D eigenvalue weighted by molar-refractivity contribution is 0.0651. The summed E-state index contributed by atoms with van der Waals surface area (Å²) in [5.41, 5.74) is 1.76. The molecule has 28 heavy (non-hydrogen) atoms. The Bertz CT molecular complexity index is 1500. The van der Waals surface area contributed by atoms with Crippen molar-refractivity contribution in [3.8, 4) is 6.07 Å². The van der Waals surface area contributed by atoms with Crippen molar-refractivity contribution in [1.29, 1.82) is 5.26 Å². The summed E-state index contributed by atoms with van der Waals surface area (Å²) in [6.45, 7) is 0. The number of amides is 2. The first-order valence-electron chi connectivity index (χ1n) is 9.00. The third kappa shape index (κ3) is 1.56. The van der Waals surface area contributed by atoms with Gasteiger partial charge in [-0.05, 0) is 50.5 Å². The summed E-state index contributed by atoms with van der Waals surface area (Å²) >= 11 is 0. The Balaban J connectivity index is 1.97. The average Bonchev–Trinajstić information content (AvgIpc) is 2.74. The molecule has 4 heteroatoms. The summed E-state index contributed by atoms with van der Waals surface area (Å²) in [6.07, 6.45) is 0. The van der Waals surface area contributed by atoms with Gasteiger partial charge in [0.15, 0.2) is 0 Å². The van der Waals surface area contributed by atoms with Gasteiger partial charge in [0.05, 0.1) is 11.6 Å². The van der Waals surface area contributed by atoms with E-state index in [1.165, 1.54) is 11.9 Å². The number of nitrogens with zero attached hydrogens (tertiary/aromatic N) is 2. The smallest absolute Gasteiger partial charge is 0.261 e. The zero-order chi connectivity index (χ0) is 19.2. The molecule has 0 spiro atoms.